The molecule has 0 saturated heterocycles. The molecule has 0 atom stereocenters. The third-order valence-corrected chi connectivity index (χ3v) is 1.48. The summed E-state index contributed by atoms with van der Waals surface area (Å²) >= 11 is 0. The minimum atomic E-state index is -3.26. The minimum absolute atomic E-state index is 1.42. The predicted octanol–water partition coefficient (Wildman–Crippen LogP) is -3.68. The molecule has 1 aromatic carbocycles. The van der Waals surface area contributed by atoms with Gasteiger partial charge in [-0.15, -0.1) is 0 Å². The number of halogens is 5. The van der Waals surface area contributed by atoms with Gasteiger partial charge in [-0.3, -0.25) is 0 Å². The highest BCUT2D eigenvalue weighted by Gasteiger charge is 2.23. The highest BCUT2D eigenvalue weighted by molar-refractivity contribution is 6.55. The number of hydrogen-bond acceptors (Lipinski definition) is 2. The SMILES string of the molecule is C[NH+](C)C.C[NH+](C)C.[O-]B([O-])c1c(F)c(F)c(F)c(F)c1F. The molecular formula is C12H20BF5N2O2. The van der Waals surface area contributed by atoms with Gasteiger partial charge in [-0.25, -0.2) is 22.0 Å². The summed E-state index contributed by atoms with van der Waals surface area (Å²) in [6.07, 6.45) is 0. The van der Waals surface area contributed by atoms with Crippen molar-refractivity contribution in [3.05, 3.63) is 29.1 Å². The molecule has 0 heterocycles. The third kappa shape index (κ3) is 8.27. The maximum Gasteiger partial charge on any atom is 0.200 e. The van der Waals surface area contributed by atoms with Crippen molar-refractivity contribution < 1.29 is 41.8 Å². The quantitative estimate of drug-likeness (QED) is 0.241. The van der Waals surface area contributed by atoms with E-state index in [0.29, 0.717) is 0 Å². The van der Waals surface area contributed by atoms with Crippen molar-refractivity contribution in [3.8, 4) is 0 Å². The summed E-state index contributed by atoms with van der Waals surface area (Å²) in [5.74, 6) is -11.7. The van der Waals surface area contributed by atoms with Crippen LogP contribution >= 0.6 is 0 Å². The van der Waals surface area contributed by atoms with Crippen LogP contribution in [-0.2, 0) is 0 Å². The zero-order valence-corrected chi connectivity index (χ0v) is 13.3. The maximum absolute atomic E-state index is 12.5. The Labute approximate surface area is 126 Å². The summed E-state index contributed by atoms with van der Waals surface area (Å²) in [4.78, 5) is 2.83. The first-order valence-corrected chi connectivity index (χ1v) is 6.20. The molecule has 0 spiro atoms. The van der Waals surface area contributed by atoms with Crippen molar-refractivity contribution in [2.45, 2.75) is 0 Å². The summed E-state index contributed by atoms with van der Waals surface area (Å²) in [7, 11) is 9.24. The smallest absolute Gasteiger partial charge is 0.200 e. The van der Waals surface area contributed by atoms with E-state index in [-0.39, 0.29) is 0 Å². The van der Waals surface area contributed by atoms with Gasteiger partial charge in [0.1, 0.15) is 0 Å². The maximum atomic E-state index is 12.5. The average Bonchev–Trinajstić information content (AvgIpc) is 2.32. The lowest BCUT2D eigenvalue weighted by atomic mass is 9.79. The number of benzene rings is 1. The third-order valence-electron chi connectivity index (χ3n) is 1.48. The Morgan fingerprint density at radius 3 is 0.955 bits per heavy atom. The molecule has 0 aliphatic carbocycles. The monoisotopic (exact) mass is 330 g/mol. The lowest BCUT2D eigenvalue weighted by molar-refractivity contribution is -0.836. The fraction of sp³-hybridized carbons (Fsp3) is 0.500. The highest BCUT2D eigenvalue weighted by atomic mass is 19.2. The van der Waals surface area contributed by atoms with E-state index in [9.17, 15) is 32.0 Å². The minimum Gasteiger partial charge on any atom is -0.889 e. The summed E-state index contributed by atoms with van der Waals surface area (Å²) in [5.41, 5.74) is -1.89. The van der Waals surface area contributed by atoms with E-state index >= 15 is 0 Å². The summed E-state index contributed by atoms with van der Waals surface area (Å²) in [5, 5.41) is 20.2. The molecule has 0 aliphatic rings. The van der Waals surface area contributed by atoms with E-state index in [1.807, 2.05) is 0 Å². The molecule has 1 rings (SSSR count). The molecule has 2 N–H and O–H groups in total. The molecule has 0 bridgehead atoms. The Morgan fingerprint density at radius 2 is 0.773 bits per heavy atom. The molecule has 0 radical (unpaired) electrons. The summed E-state index contributed by atoms with van der Waals surface area (Å²) in [6.45, 7) is 0. The molecule has 0 fully saturated rings. The van der Waals surface area contributed by atoms with Crippen molar-refractivity contribution in [2.75, 3.05) is 42.3 Å². The number of hydrogen-bond donors (Lipinski definition) is 2. The zero-order valence-electron chi connectivity index (χ0n) is 13.3. The number of nitrogens with one attached hydrogen (secondary N) is 2. The first-order valence-electron chi connectivity index (χ1n) is 6.20. The van der Waals surface area contributed by atoms with Crippen LogP contribution in [0.5, 0.6) is 0 Å². The Hall–Kier alpha value is -1.23. The van der Waals surface area contributed by atoms with Crippen LogP contribution in [0.25, 0.3) is 0 Å². The van der Waals surface area contributed by atoms with Crippen molar-refractivity contribution >= 4 is 12.6 Å². The van der Waals surface area contributed by atoms with E-state index in [2.05, 4.69) is 42.3 Å². The van der Waals surface area contributed by atoms with E-state index in [4.69, 9.17) is 0 Å². The van der Waals surface area contributed by atoms with E-state index < -0.39 is 41.7 Å². The Morgan fingerprint density at radius 1 is 0.591 bits per heavy atom. The molecule has 0 aliphatic heterocycles. The lowest BCUT2D eigenvalue weighted by Crippen LogP contribution is -3.02. The molecule has 0 aromatic heterocycles. The van der Waals surface area contributed by atoms with Gasteiger partial charge < -0.3 is 19.8 Å². The fourth-order valence-corrected chi connectivity index (χ4v) is 0.829. The Balaban J connectivity index is 0. The molecule has 22 heavy (non-hydrogen) atoms. The van der Waals surface area contributed by atoms with Crippen molar-refractivity contribution in [1.29, 1.82) is 0 Å². The van der Waals surface area contributed by atoms with E-state index in [0.717, 1.165) is 0 Å². The molecule has 10 heteroatoms. The van der Waals surface area contributed by atoms with Crippen LogP contribution in [0.4, 0.5) is 22.0 Å². The van der Waals surface area contributed by atoms with Gasteiger partial charge in [0, 0.05) is 0 Å². The van der Waals surface area contributed by atoms with Gasteiger partial charge in [-0.2, -0.15) is 0 Å². The normalized spacial score (nSPS) is 9.95. The standard InChI is InChI=1S/C6BF5O2.2C3H9N/c8-2-1(7(13)14)3(9)5(11)6(12)4(2)10;2*1-4(2)3/h;2*1-3H3/q-2;;/p+2. The van der Waals surface area contributed by atoms with Gasteiger partial charge in [-0.05, 0) is 5.46 Å². The Bertz CT molecular complexity index is 433. The van der Waals surface area contributed by atoms with Crippen LogP contribution in [0, 0.1) is 29.1 Å². The molecule has 128 valence electrons. The average molecular weight is 330 g/mol. The van der Waals surface area contributed by atoms with Gasteiger partial charge in [0.2, 0.25) is 0 Å². The van der Waals surface area contributed by atoms with Crippen molar-refractivity contribution in [3.63, 3.8) is 0 Å². The van der Waals surface area contributed by atoms with E-state index in [1.54, 1.807) is 0 Å². The largest absolute Gasteiger partial charge is 0.889 e. The van der Waals surface area contributed by atoms with Gasteiger partial charge in [0.15, 0.2) is 29.1 Å². The summed E-state index contributed by atoms with van der Waals surface area (Å²) < 4.78 is 62.0. The van der Waals surface area contributed by atoms with E-state index in [1.165, 1.54) is 9.80 Å². The molecule has 1 aromatic rings. The number of quaternary nitrogens is 2. The molecule has 4 nitrogen and oxygen atoms in total. The highest BCUT2D eigenvalue weighted by Crippen LogP contribution is 2.15. The van der Waals surface area contributed by atoms with Gasteiger partial charge >= 0.3 is 0 Å². The Kier molecular flexibility index (Phi) is 11.0. The first kappa shape index (κ1) is 23.0. The van der Waals surface area contributed by atoms with Crippen LogP contribution in [0.2, 0.25) is 0 Å². The lowest BCUT2D eigenvalue weighted by Gasteiger charge is -2.27. The first-order chi connectivity index (χ1) is 9.84. The van der Waals surface area contributed by atoms with Crippen LogP contribution in [0.3, 0.4) is 0 Å². The second-order valence-electron chi connectivity index (χ2n) is 5.32. The topological polar surface area (TPSA) is 55.0 Å². The van der Waals surface area contributed by atoms with Gasteiger partial charge in [-0.1, -0.05) is 7.12 Å². The number of rotatable bonds is 1. The second kappa shape index (κ2) is 10.5. The molecule has 0 saturated carbocycles. The molecular weight excluding hydrogens is 310 g/mol. The van der Waals surface area contributed by atoms with Crippen LogP contribution in [0.1, 0.15) is 0 Å². The van der Waals surface area contributed by atoms with Crippen LogP contribution in [0.15, 0.2) is 0 Å². The fourth-order valence-electron chi connectivity index (χ4n) is 0.829. The van der Waals surface area contributed by atoms with Crippen molar-refractivity contribution in [2.24, 2.45) is 0 Å². The van der Waals surface area contributed by atoms with Crippen molar-refractivity contribution in [1.82, 2.24) is 0 Å². The molecule has 0 unspecified atom stereocenters. The molecule has 0 amide bonds. The summed E-state index contributed by atoms with van der Waals surface area (Å²) in [6, 6.07) is 0. The zero-order chi connectivity index (χ0) is 18.2. The van der Waals surface area contributed by atoms with Crippen LogP contribution < -0.4 is 25.3 Å². The van der Waals surface area contributed by atoms with Gasteiger partial charge in [0.05, 0.1) is 42.3 Å². The predicted molar refractivity (Wildman–Crippen MR) is 69.1 cm³/mol. The van der Waals surface area contributed by atoms with Gasteiger partial charge in [0.25, 0.3) is 0 Å². The second-order valence-corrected chi connectivity index (χ2v) is 5.32. The van der Waals surface area contributed by atoms with Crippen LogP contribution in [-0.4, -0.2) is 49.4 Å².